The fourth-order valence-corrected chi connectivity index (χ4v) is 4.49. The van der Waals surface area contributed by atoms with E-state index in [0.29, 0.717) is 19.5 Å². The molecule has 154 valence electrons. The van der Waals surface area contributed by atoms with E-state index >= 15 is 0 Å². The molecular weight excluding hydrogens is 390 g/mol. The summed E-state index contributed by atoms with van der Waals surface area (Å²) in [5, 5.41) is 4.87. The van der Waals surface area contributed by atoms with Crippen LogP contribution in [0.4, 0.5) is 0 Å². The molecule has 4 rings (SSSR count). The number of amides is 2. The van der Waals surface area contributed by atoms with Gasteiger partial charge in [0.1, 0.15) is 0 Å². The first kappa shape index (κ1) is 19.7. The van der Waals surface area contributed by atoms with Crippen LogP contribution in [-0.2, 0) is 16.1 Å². The van der Waals surface area contributed by atoms with Crippen LogP contribution in [-0.4, -0.2) is 54.6 Å². The number of carbonyl (C=O) groups is 2. The van der Waals surface area contributed by atoms with E-state index in [0.717, 1.165) is 36.0 Å². The third-order valence-electron chi connectivity index (χ3n) is 5.21. The van der Waals surface area contributed by atoms with Crippen LogP contribution in [0, 0.1) is 0 Å². The lowest BCUT2D eigenvalue weighted by atomic mass is 10.1. The summed E-state index contributed by atoms with van der Waals surface area (Å²) in [5.41, 5.74) is 1.18. The molecule has 1 saturated heterocycles. The minimum atomic E-state index is -0.258. The lowest BCUT2D eigenvalue weighted by Gasteiger charge is -2.35. The topological polar surface area (TPSA) is 71.1 Å². The Kier molecular flexibility index (Phi) is 6.01. The minimum Gasteiger partial charge on any atom is -0.454 e. The SMILES string of the molecule is CC(=O)N[C@H](CC(=O)N1CCN(Cc2ccc3c(c2)OCO3)CC1)c1cccs1. The molecule has 8 heteroatoms. The number of fused-ring (bicyclic) bond motifs is 1. The minimum absolute atomic E-state index is 0.0832. The van der Waals surface area contributed by atoms with Crippen molar-refractivity contribution in [2.45, 2.75) is 25.9 Å². The van der Waals surface area contributed by atoms with Crippen LogP contribution in [0.1, 0.15) is 29.8 Å². The number of piperazine rings is 1. The molecular formula is C21H25N3O4S. The van der Waals surface area contributed by atoms with Gasteiger partial charge in [0.25, 0.3) is 0 Å². The van der Waals surface area contributed by atoms with Gasteiger partial charge in [-0.25, -0.2) is 0 Å². The van der Waals surface area contributed by atoms with E-state index in [1.54, 1.807) is 11.3 Å². The zero-order valence-electron chi connectivity index (χ0n) is 16.4. The molecule has 7 nitrogen and oxygen atoms in total. The summed E-state index contributed by atoms with van der Waals surface area (Å²) in [7, 11) is 0. The smallest absolute Gasteiger partial charge is 0.231 e. The van der Waals surface area contributed by atoms with Gasteiger partial charge in [0.15, 0.2) is 11.5 Å². The first-order valence-electron chi connectivity index (χ1n) is 9.77. The van der Waals surface area contributed by atoms with Gasteiger partial charge >= 0.3 is 0 Å². The van der Waals surface area contributed by atoms with E-state index in [4.69, 9.17) is 9.47 Å². The third kappa shape index (κ3) is 4.89. The molecule has 29 heavy (non-hydrogen) atoms. The highest BCUT2D eigenvalue weighted by Crippen LogP contribution is 2.33. The molecule has 0 bridgehead atoms. The van der Waals surface area contributed by atoms with Crippen molar-refractivity contribution in [3.8, 4) is 11.5 Å². The Bertz CT molecular complexity index is 863. The van der Waals surface area contributed by atoms with Crippen LogP contribution in [0.25, 0.3) is 0 Å². The van der Waals surface area contributed by atoms with Crippen molar-refractivity contribution in [1.29, 1.82) is 0 Å². The van der Waals surface area contributed by atoms with Gasteiger partial charge < -0.3 is 19.7 Å². The Morgan fingerprint density at radius 2 is 1.93 bits per heavy atom. The Balaban J connectivity index is 1.29. The molecule has 0 spiro atoms. The first-order chi connectivity index (χ1) is 14.1. The van der Waals surface area contributed by atoms with Gasteiger partial charge in [0.2, 0.25) is 18.6 Å². The van der Waals surface area contributed by atoms with Crippen molar-refractivity contribution in [1.82, 2.24) is 15.1 Å². The number of rotatable bonds is 6. The molecule has 0 radical (unpaired) electrons. The van der Waals surface area contributed by atoms with Crippen LogP contribution in [0.3, 0.4) is 0 Å². The number of ether oxygens (including phenoxy) is 2. The zero-order valence-corrected chi connectivity index (χ0v) is 17.2. The molecule has 2 aliphatic rings. The Hall–Kier alpha value is -2.58. The maximum atomic E-state index is 12.8. The summed E-state index contributed by atoms with van der Waals surface area (Å²) in [6, 6.07) is 9.68. The van der Waals surface area contributed by atoms with Gasteiger partial charge in [-0.05, 0) is 29.1 Å². The van der Waals surface area contributed by atoms with Gasteiger partial charge in [0.05, 0.1) is 12.5 Å². The lowest BCUT2D eigenvalue weighted by Crippen LogP contribution is -2.49. The quantitative estimate of drug-likeness (QED) is 0.785. The van der Waals surface area contributed by atoms with Crippen LogP contribution in [0.2, 0.25) is 0 Å². The molecule has 1 aromatic carbocycles. The molecule has 0 saturated carbocycles. The number of carbonyl (C=O) groups excluding carboxylic acids is 2. The van der Waals surface area contributed by atoms with Crippen LogP contribution >= 0.6 is 11.3 Å². The van der Waals surface area contributed by atoms with Gasteiger partial charge in [-0.1, -0.05) is 12.1 Å². The molecule has 2 aliphatic heterocycles. The molecule has 1 aromatic heterocycles. The van der Waals surface area contributed by atoms with E-state index in [1.807, 2.05) is 34.5 Å². The van der Waals surface area contributed by atoms with Crippen molar-refractivity contribution in [2.24, 2.45) is 0 Å². The Morgan fingerprint density at radius 3 is 2.66 bits per heavy atom. The van der Waals surface area contributed by atoms with E-state index in [-0.39, 0.29) is 24.6 Å². The molecule has 1 N–H and O–H groups in total. The van der Waals surface area contributed by atoms with Gasteiger partial charge in [-0.3, -0.25) is 14.5 Å². The van der Waals surface area contributed by atoms with Crippen molar-refractivity contribution < 1.29 is 19.1 Å². The van der Waals surface area contributed by atoms with E-state index in [2.05, 4.69) is 16.3 Å². The predicted molar refractivity (Wildman–Crippen MR) is 110 cm³/mol. The predicted octanol–water partition coefficient (Wildman–Crippen LogP) is 2.39. The number of benzene rings is 1. The van der Waals surface area contributed by atoms with Crippen molar-refractivity contribution in [2.75, 3.05) is 33.0 Å². The third-order valence-corrected chi connectivity index (χ3v) is 6.20. The standard InChI is InChI=1S/C21H25N3O4S/c1-15(25)22-17(20-3-2-10-29-20)12-21(26)24-8-6-23(7-9-24)13-16-4-5-18-19(11-16)28-14-27-18/h2-5,10-11,17H,6-9,12-14H2,1H3,(H,22,25)/t17-/m1/s1. The largest absolute Gasteiger partial charge is 0.454 e. The number of nitrogens with zero attached hydrogens (tertiary/aromatic N) is 2. The molecule has 0 aliphatic carbocycles. The summed E-state index contributed by atoms with van der Waals surface area (Å²) in [6.07, 6.45) is 0.294. The average molecular weight is 416 g/mol. The molecule has 3 heterocycles. The Morgan fingerprint density at radius 1 is 1.14 bits per heavy atom. The van der Waals surface area contributed by atoms with E-state index < -0.39 is 0 Å². The van der Waals surface area contributed by atoms with Crippen molar-refractivity contribution in [3.05, 3.63) is 46.2 Å². The summed E-state index contributed by atoms with van der Waals surface area (Å²) >= 11 is 1.56. The highest BCUT2D eigenvalue weighted by molar-refractivity contribution is 7.10. The molecule has 0 unspecified atom stereocenters. The van der Waals surface area contributed by atoms with Crippen LogP contribution < -0.4 is 14.8 Å². The van der Waals surface area contributed by atoms with Gasteiger partial charge in [0, 0.05) is 44.5 Å². The normalized spacial score (nSPS) is 17.2. The summed E-state index contributed by atoms with van der Waals surface area (Å²) in [6.45, 7) is 5.63. The molecule has 1 atom stereocenters. The Labute approximate surface area is 174 Å². The first-order valence-corrected chi connectivity index (χ1v) is 10.7. The maximum Gasteiger partial charge on any atom is 0.231 e. The number of nitrogens with one attached hydrogen (secondary N) is 1. The van der Waals surface area contributed by atoms with Crippen LogP contribution in [0.5, 0.6) is 11.5 Å². The van der Waals surface area contributed by atoms with Gasteiger partial charge in [-0.15, -0.1) is 11.3 Å². The van der Waals surface area contributed by atoms with E-state index in [1.165, 1.54) is 12.5 Å². The number of hydrogen-bond acceptors (Lipinski definition) is 6. The fraction of sp³-hybridized carbons (Fsp3) is 0.429. The highest BCUT2D eigenvalue weighted by Gasteiger charge is 2.25. The molecule has 2 amide bonds. The highest BCUT2D eigenvalue weighted by atomic mass is 32.1. The van der Waals surface area contributed by atoms with Crippen LogP contribution in [0.15, 0.2) is 35.7 Å². The maximum absolute atomic E-state index is 12.8. The van der Waals surface area contributed by atoms with Crippen molar-refractivity contribution >= 4 is 23.2 Å². The fourth-order valence-electron chi connectivity index (χ4n) is 3.71. The summed E-state index contributed by atoms with van der Waals surface area (Å²) < 4.78 is 10.8. The number of thiophene rings is 1. The monoisotopic (exact) mass is 415 g/mol. The second-order valence-electron chi connectivity index (χ2n) is 7.32. The lowest BCUT2D eigenvalue weighted by molar-refractivity contribution is -0.133. The zero-order chi connectivity index (χ0) is 20.2. The molecule has 2 aromatic rings. The second-order valence-corrected chi connectivity index (χ2v) is 8.30. The summed E-state index contributed by atoms with van der Waals surface area (Å²) in [4.78, 5) is 29.6. The average Bonchev–Trinajstić information content (AvgIpc) is 3.39. The van der Waals surface area contributed by atoms with E-state index in [9.17, 15) is 9.59 Å². The molecule has 1 fully saturated rings. The van der Waals surface area contributed by atoms with Gasteiger partial charge in [-0.2, -0.15) is 0 Å². The second kappa shape index (κ2) is 8.84. The van der Waals surface area contributed by atoms with Crippen molar-refractivity contribution in [3.63, 3.8) is 0 Å². The number of hydrogen-bond donors (Lipinski definition) is 1. The summed E-state index contributed by atoms with van der Waals surface area (Å²) in [5.74, 6) is 1.56.